The first-order valence-electron chi connectivity index (χ1n) is 8.82. The first-order chi connectivity index (χ1) is 12.1. The predicted octanol–water partition coefficient (Wildman–Crippen LogP) is 4.78. The number of aryl methyl sites for hydroxylation is 1. The number of rotatable bonds is 6. The Labute approximate surface area is 146 Å². The Morgan fingerprint density at radius 2 is 1.92 bits per heavy atom. The van der Waals surface area contributed by atoms with Crippen molar-refractivity contribution in [3.8, 4) is 5.75 Å². The highest BCUT2D eigenvalue weighted by Crippen LogP contribution is 2.43. The summed E-state index contributed by atoms with van der Waals surface area (Å²) in [7, 11) is 0. The molecule has 0 radical (unpaired) electrons. The highest BCUT2D eigenvalue weighted by Gasteiger charge is 2.33. The maximum Gasteiger partial charge on any atom is 0.163 e. The molecule has 1 N–H and O–H groups in total. The van der Waals surface area contributed by atoms with Gasteiger partial charge in [0.15, 0.2) is 5.78 Å². The summed E-state index contributed by atoms with van der Waals surface area (Å²) in [5, 5.41) is 10.1. The number of hydrogen-bond donors (Lipinski definition) is 1. The van der Waals surface area contributed by atoms with E-state index in [9.17, 15) is 14.3 Å². The van der Waals surface area contributed by atoms with E-state index in [0.717, 1.165) is 42.5 Å². The van der Waals surface area contributed by atoms with E-state index in [1.54, 1.807) is 24.3 Å². The standard InChI is InChI=1S/C21H20FNO2/c22-15-8-4-13(5-9-15)2-1-3-19(24)16-10-11-20(25)21-17(16)12-18(23-21)14-6-7-14/h4-5,8-11,14,25H,1-3,6-7,12H2. The monoisotopic (exact) mass is 337 g/mol. The Kier molecular flexibility index (Phi) is 4.12. The number of benzene rings is 2. The van der Waals surface area contributed by atoms with E-state index in [0.29, 0.717) is 30.0 Å². The van der Waals surface area contributed by atoms with Gasteiger partial charge in [-0.1, -0.05) is 12.1 Å². The Morgan fingerprint density at radius 1 is 1.16 bits per heavy atom. The van der Waals surface area contributed by atoms with Crippen LogP contribution in [0.25, 0.3) is 0 Å². The van der Waals surface area contributed by atoms with Crippen molar-refractivity contribution in [1.29, 1.82) is 0 Å². The molecule has 1 saturated carbocycles. The zero-order valence-electron chi connectivity index (χ0n) is 14.0. The molecule has 4 rings (SSSR count). The molecule has 1 fully saturated rings. The van der Waals surface area contributed by atoms with Crippen molar-refractivity contribution in [2.75, 3.05) is 0 Å². The van der Waals surface area contributed by atoms with Crippen molar-refractivity contribution in [2.24, 2.45) is 10.9 Å². The van der Waals surface area contributed by atoms with Crippen LogP contribution in [0.4, 0.5) is 10.1 Å². The molecule has 1 aliphatic carbocycles. The van der Waals surface area contributed by atoms with Crippen LogP contribution in [-0.2, 0) is 12.8 Å². The van der Waals surface area contributed by atoms with Crippen molar-refractivity contribution in [1.82, 2.24) is 0 Å². The van der Waals surface area contributed by atoms with Gasteiger partial charge >= 0.3 is 0 Å². The van der Waals surface area contributed by atoms with Crippen LogP contribution in [0, 0.1) is 11.7 Å². The van der Waals surface area contributed by atoms with Crippen molar-refractivity contribution >= 4 is 17.2 Å². The third-order valence-electron chi connectivity index (χ3n) is 5.01. The number of halogens is 1. The molecule has 2 aliphatic rings. The van der Waals surface area contributed by atoms with E-state index in [2.05, 4.69) is 4.99 Å². The van der Waals surface area contributed by atoms with Gasteiger partial charge < -0.3 is 5.11 Å². The molecule has 0 bridgehead atoms. The van der Waals surface area contributed by atoms with Crippen molar-refractivity contribution < 1.29 is 14.3 Å². The number of carbonyl (C=O) groups excluding carboxylic acids is 1. The zero-order chi connectivity index (χ0) is 17.4. The maximum absolute atomic E-state index is 12.9. The van der Waals surface area contributed by atoms with Gasteiger partial charge in [-0.05, 0) is 67.0 Å². The van der Waals surface area contributed by atoms with Crippen LogP contribution in [0.2, 0.25) is 0 Å². The molecule has 1 heterocycles. The molecule has 2 aromatic carbocycles. The molecule has 0 saturated heterocycles. The van der Waals surface area contributed by atoms with Crippen molar-refractivity contribution in [3.63, 3.8) is 0 Å². The van der Waals surface area contributed by atoms with Gasteiger partial charge in [0.1, 0.15) is 17.3 Å². The fourth-order valence-corrected chi connectivity index (χ4v) is 3.44. The summed E-state index contributed by atoms with van der Waals surface area (Å²) >= 11 is 0. The molecule has 0 spiro atoms. The second-order valence-electron chi connectivity index (χ2n) is 6.92. The summed E-state index contributed by atoms with van der Waals surface area (Å²) in [6, 6.07) is 9.70. The lowest BCUT2D eigenvalue weighted by Crippen LogP contribution is -2.07. The summed E-state index contributed by atoms with van der Waals surface area (Å²) < 4.78 is 12.9. The van der Waals surface area contributed by atoms with E-state index in [1.807, 2.05) is 0 Å². The highest BCUT2D eigenvalue weighted by atomic mass is 19.1. The highest BCUT2D eigenvalue weighted by molar-refractivity contribution is 6.05. The normalized spacial score (nSPS) is 15.8. The number of nitrogens with zero attached hydrogens (tertiary/aromatic N) is 1. The molecule has 3 nitrogen and oxygen atoms in total. The van der Waals surface area contributed by atoms with Crippen molar-refractivity contribution in [3.05, 3.63) is 58.9 Å². The maximum atomic E-state index is 12.9. The van der Waals surface area contributed by atoms with Gasteiger partial charge in [0.2, 0.25) is 0 Å². The lowest BCUT2D eigenvalue weighted by molar-refractivity contribution is 0.0979. The molecule has 0 amide bonds. The van der Waals surface area contributed by atoms with E-state index in [-0.39, 0.29) is 17.3 Å². The van der Waals surface area contributed by atoms with Gasteiger partial charge in [-0.15, -0.1) is 0 Å². The third kappa shape index (κ3) is 3.34. The SMILES string of the molecule is O=C(CCCc1ccc(F)cc1)c1ccc(O)c2c1CC(C1CC1)=N2. The Hall–Kier alpha value is -2.49. The molecule has 0 aromatic heterocycles. The second-order valence-corrected chi connectivity index (χ2v) is 6.92. The number of carbonyl (C=O) groups is 1. The molecule has 25 heavy (non-hydrogen) atoms. The average molecular weight is 337 g/mol. The van der Waals surface area contributed by atoms with Crippen LogP contribution in [0.1, 0.15) is 47.2 Å². The number of phenols is 1. The number of hydrogen-bond acceptors (Lipinski definition) is 3. The number of phenolic OH excluding ortho intramolecular Hbond substituents is 1. The Balaban J connectivity index is 1.43. The number of Topliss-reactive ketones (excluding diaryl/α,β-unsaturated/α-hetero) is 1. The summed E-state index contributed by atoms with van der Waals surface area (Å²) in [6.07, 6.45) is 4.91. The molecule has 1 aliphatic heterocycles. The summed E-state index contributed by atoms with van der Waals surface area (Å²) in [5.74, 6) is 0.540. The van der Waals surface area contributed by atoms with Crippen LogP contribution >= 0.6 is 0 Å². The smallest absolute Gasteiger partial charge is 0.163 e. The van der Waals surface area contributed by atoms with Crippen LogP contribution in [-0.4, -0.2) is 16.6 Å². The van der Waals surface area contributed by atoms with E-state index in [1.165, 1.54) is 12.1 Å². The van der Waals surface area contributed by atoms with Crippen LogP contribution in [0.3, 0.4) is 0 Å². The predicted molar refractivity (Wildman–Crippen MR) is 95.3 cm³/mol. The van der Waals surface area contributed by atoms with E-state index >= 15 is 0 Å². The molecule has 0 unspecified atom stereocenters. The molecule has 2 aromatic rings. The van der Waals surface area contributed by atoms with Crippen LogP contribution in [0.5, 0.6) is 5.75 Å². The van der Waals surface area contributed by atoms with Gasteiger partial charge in [-0.3, -0.25) is 9.79 Å². The van der Waals surface area contributed by atoms with Gasteiger partial charge in [-0.2, -0.15) is 0 Å². The minimum Gasteiger partial charge on any atom is -0.506 e. The van der Waals surface area contributed by atoms with Gasteiger partial charge in [0, 0.05) is 24.1 Å². The number of fused-ring (bicyclic) bond motifs is 1. The number of aliphatic imine (C=N–C) groups is 1. The topological polar surface area (TPSA) is 49.7 Å². The average Bonchev–Trinajstić information content (AvgIpc) is 3.36. The van der Waals surface area contributed by atoms with E-state index in [4.69, 9.17) is 0 Å². The summed E-state index contributed by atoms with van der Waals surface area (Å²) in [4.78, 5) is 17.2. The van der Waals surface area contributed by atoms with Crippen LogP contribution in [0.15, 0.2) is 41.4 Å². The molecular weight excluding hydrogens is 317 g/mol. The minimum atomic E-state index is -0.244. The zero-order valence-corrected chi connectivity index (χ0v) is 14.0. The fourth-order valence-electron chi connectivity index (χ4n) is 3.44. The van der Waals surface area contributed by atoms with Crippen molar-refractivity contribution in [2.45, 2.75) is 38.5 Å². The Morgan fingerprint density at radius 3 is 2.64 bits per heavy atom. The van der Waals surface area contributed by atoms with Gasteiger partial charge in [0.05, 0.1) is 0 Å². The largest absolute Gasteiger partial charge is 0.506 e. The summed E-state index contributed by atoms with van der Waals surface area (Å²) in [6.45, 7) is 0. The van der Waals surface area contributed by atoms with Crippen LogP contribution < -0.4 is 0 Å². The molecule has 0 atom stereocenters. The van der Waals surface area contributed by atoms with E-state index < -0.39 is 0 Å². The Bertz CT molecular complexity index is 851. The first-order valence-corrected chi connectivity index (χ1v) is 8.82. The fraction of sp³-hybridized carbons (Fsp3) is 0.333. The lowest BCUT2D eigenvalue weighted by atomic mass is 9.95. The quantitative estimate of drug-likeness (QED) is 0.772. The first kappa shape index (κ1) is 16.0. The lowest BCUT2D eigenvalue weighted by Gasteiger charge is -2.08. The molecule has 128 valence electrons. The molecular formula is C21H20FNO2. The molecule has 4 heteroatoms. The number of aromatic hydroxyl groups is 1. The third-order valence-corrected chi connectivity index (χ3v) is 5.01. The van der Waals surface area contributed by atoms with Gasteiger partial charge in [-0.25, -0.2) is 4.39 Å². The van der Waals surface area contributed by atoms with Gasteiger partial charge in [0.25, 0.3) is 0 Å². The minimum absolute atomic E-state index is 0.0885. The summed E-state index contributed by atoms with van der Waals surface area (Å²) in [5.41, 5.74) is 4.30. The second kappa shape index (κ2) is 6.43. The number of ketones is 1.